The van der Waals surface area contributed by atoms with Crippen molar-refractivity contribution in [3.63, 3.8) is 0 Å². The van der Waals surface area contributed by atoms with Crippen molar-refractivity contribution >= 4 is 11.7 Å². The molecule has 0 amide bonds. The normalized spacial score (nSPS) is 31.6. The molecule has 7 nitrogen and oxygen atoms in total. The van der Waals surface area contributed by atoms with Crippen LogP contribution in [0.4, 0.5) is 5.69 Å². The minimum atomic E-state index is -0.678. The predicted octanol–water partition coefficient (Wildman–Crippen LogP) is 1.64. The first kappa shape index (κ1) is 15.4. The lowest BCUT2D eigenvalue weighted by Crippen LogP contribution is -2.55. The van der Waals surface area contributed by atoms with Gasteiger partial charge in [-0.05, 0) is 43.9 Å². The van der Waals surface area contributed by atoms with Gasteiger partial charge in [0.15, 0.2) is 5.76 Å². The molecule has 3 heterocycles. The summed E-state index contributed by atoms with van der Waals surface area (Å²) in [5.41, 5.74) is 2.90. The molecule has 0 aromatic heterocycles. The Morgan fingerprint density at radius 3 is 2.79 bits per heavy atom. The molecule has 7 heteroatoms. The van der Waals surface area contributed by atoms with Gasteiger partial charge in [-0.2, -0.15) is 0 Å². The number of aliphatic hydroxyl groups is 1. The molecule has 1 aromatic carbocycles. The maximum atomic E-state index is 11.7. The largest absolute Gasteiger partial charge is 0.465 e. The first-order valence-electron chi connectivity index (χ1n) is 8.02. The van der Waals surface area contributed by atoms with Crippen LogP contribution in [-0.4, -0.2) is 36.0 Å². The molecule has 4 aliphatic rings. The van der Waals surface area contributed by atoms with Crippen LogP contribution in [0.2, 0.25) is 0 Å². The Hall–Kier alpha value is -2.09. The van der Waals surface area contributed by atoms with Gasteiger partial charge in [0.25, 0.3) is 0 Å². The average Bonchev–Trinajstić information content (AvgIpc) is 3.13. The highest BCUT2D eigenvalue weighted by atomic mass is 16.7. The van der Waals surface area contributed by atoms with Gasteiger partial charge in [-0.1, -0.05) is 11.7 Å². The minimum absolute atomic E-state index is 0.339. The van der Waals surface area contributed by atoms with E-state index >= 15 is 0 Å². The van der Waals surface area contributed by atoms with E-state index in [-0.39, 0.29) is 5.97 Å². The van der Waals surface area contributed by atoms with Crippen LogP contribution in [0.1, 0.15) is 36.0 Å². The predicted molar refractivity (Wildman–Crippen MR) is 84.7 cm³/mol. The Morgan fingerprint density at radius 2 is 2.12 bits per heavy atom. The molecule has 0 atom stereocenters. The number of hydrazine groups is 1. The summed E-state index contributed by atoms with van der Waals surface area (Å²) in [4.78, 5) is 17.3. The number of anilines is 1. The van der Waals surface area contributed by atoms with Gasteiger partial charge in [0.1, 0.15) is 5.60 Å². The second-order valence-corrected chi connectivity index (χ2v) is 6.61. The zero-order valence-electron chi connectivity index (χ0n) is 13.4. The molecule has 1 aliphatic carbocycles. The van der Waals surface area contributed by atoms with Crippen molar-refractivity contribution in [1.29, 1.82) is 0 Å². The molecule has 0 spiro atoms. The third kappa shape index (κ3) is 2.45. The molecule has 5 rings (SSSR count). The SMILES string of the molecule is COC(=O)c1cccc(N2C=C(C34CCC(O)(CC3)CO4)ON2)c1. The summed E-state index contributed by atoms with van der Waals surface area (Å²) >= 11 is 0. The standard InChI is InChI=1S/C17H20N2O5/c1-22-15(20)12-3-2-4-13(9-12)19-10-14(24-18-19)17-7-5-16(21,6-8-17)11-23-17/h2-4,9-10,18,21H,5-8,11H2,1H3. The third-order valence-corrected chi connectivity index (χ3v) is 5.10. The fourth-order valence-electron chi connectivity index (χ4n) is 3.50. The van der Waals surface area contributed by atoms with Crippen LogP contribution in [-0.2, 0) is 14.3 Å². The van der Waals surface area contributed by atoms with Crippen LogP contribution in [0.25, 0.3) is 0 Å². The van der Waals surface area contributed by atoms with Crippen molar-refractivity contribution in [3.8, 4) is 0 Å². The highest BCUT2D eigenvalue weighted by Crippen LogP contribution is 2.48. The third-order valence-electron chi connectivity index (χ3n) is 5.10. The number of rotatable bonds is 3. The summed E-state index contributed by atoms with van der Waals surface area (Å²) in [7, 11) is 1.36. The summed E-state index contributed by atoms with van der Waals surface area (Å²) in [6.45, 7) is 0.339. The van der Waals surface area contributed by atoms with Gasteiger partial charge in [-0.15, -0.1) is 0 Å². The second-order valence-electron chi connectivity index (χ2n) is 6.61. The number of fused-ring (bicyclic) bond motifs is 3. The molecule has 1 saturated carbocycles. The lowest BCUT2D eigenvalue weighted by atomic mass is 9.72. The molecule has 0 unspecified atom stereocenters. The van der Waals surface area contributed by atoms with Gasteiger partial charge in [0.2, 0.25) is 0 Å². The number of nitrogens with one attached hydrogen (secondary N) is 1. The topological polar surface area (TPSA) is 80.3 Å². The van der Waals surface area contributed by atoms with E-state index in [1.165, 1.54) is 7.11 Å². The quantitative estimate of drug-likeness (QED) is 0.815. The Kier molecular flexibility index (Phi) is 3.52. The molecule has 2 saturated heterocycles. The van der Waals surface area contributed by atoms with Gasteiger partial charge >= 0.3 is 5.97 Å². The molecule has 2 N–H and O–H groups in total. The molecule has 3 aliphatic heterocycles. The number of hydrogen-bond acceptors (Lipinski definition) is 7. The van der Waals surface area contributed by atoms with Crippen LogP contribution >= 0.6 is 0 Å². The van der Waals surface area contributed by atoms with Crippen LogP contribution < -0.4 is 10.6 Å². The highest BCUT2D eigenvalue weighted by molar-refractivity contribution is 5.90. The lowest BCUT2D eigenvalue weighted by molar-refractivity contribution is -0.215. The van der Waals surface area contributed by atoms with Crippen molar-refractivity contribution in [3.05, 3.63) is 41.8 Å². The van der Waals surface area contributed by atoms with E-state index in [2.05, 4.69) is 5.59 Å². The summed E-state index contributed by atoms with van der Waals surface area (Å²) in [5, 5.41) is 12.0. The van der Waals surface area contributed by atoms with E-state index in [1.54, 1.807) is 23.2 Å². The molecule has 2 bridgehead atoms. The van der Waals surface area contributed by atoms with E-state index in [1.807, 2.05) is 12.3 Å². The number of hydrogen-bond donors (Lipinski definition) is 2. The number of carbonyl (C=O) groups is 1. The number of carbonyl (C=O) groups excluding carboxylic acids is 1. The van der Waals surface area contributed by atoms with E-state index in [4.69, 9.17) is 14.3 Å². The van der Waals surface area contributed by atoms with Crippen LogP contribution in [0.3, 0.4) is 0 Å². The summed E-state index contributed by atoms with van der Waals surface area (Å²) in [5.74, 6) is 0.315. The second kappa shape index (κ2) is 5.47. The fourth-order valence-corrected chi connectivity index (χ4v) is 3.50. The van der Waals surface area contributed by atoms with Crippen LogP contribution in [0, 0.1) is 0 Å². The van der Waals surface area contributed by atoms with Crippen LogP contribution in [0.5, 0.6) is 0 Å². The average molecular weight is 332 g/mol. The number of nitrogens with zero attached hydrogens (tertiary/aromatic N) is 1. The van der Waals surface area contributed by atoms with E-state index in [0.29, 0.717) is 30.8 Å². The van der Waals surface area contributed by atoms with Crippen molar-refractivity contribution < 1.29 is 24.2 Å². The Morgan fingerprint density at radius 1 is 1.33 bits per heavy atom. The Bertz CT molecular complexity index is 677. The minimum Gasteiger partial charge on any atom is -0.465 e. The van der Waals surface area contributed by atoms with Crippen molar-refractivity contribution in [2.45, 2.75) is 36.9 Å². The lowest BCUT2D eigenvalue weighted by Gasteiger charge is -2.49. The van der Waals surface area contributed by atoms with Gasteiger partial charge in [-0.25, -0.2) is 9.80 Å². The van der Waals surface area contributed by atoms with Gasteiger partial charge in [0, 0.05) is 0 Å². The van der Waals surface area contributed by atoms with Gasteiger partial charge in [0.05, 0.1) is 36.8 Å². The zero-order chi connectivity index (χ0) is 16.8. The summed E-state index contributed by atoms with van der Waals surface area (Å²) in [6, 6.07) is 7.06. The first-order valence-corrected chi connectivity index (χ1v) is 8.02. The van der Waals surface area contributed by atoms with Gasteiger partial charge < -0.3 is 19.4 Å². The van der Waals surface area contributed by atoms with E-state index in [9.17, 15) is 9.90 Å². The summed E-state index contributed by atoms with van der Waals surface area (Å²) < 4.78 is 10.7. The maximum Gasteiger partial charge on any atom is 0.337 e. The molecule has 3 fully saturated rings. The monoisotopic (exact) mass is 332 g/mol. The molecule has 24 heavy (non-hydrogen) atoms. The smallest absolute Gasteiger partial charge is 0.337 e. The maximum absolute atomic E-state index is 11.7. The number of benzene rings is 1. The number of ether oxygens (including phenoxy) is 2. The Balaban J connectivity index is 1.56. The molecular weight excluding hydrogens is 312 g/mol. The van der Waals surface area contributed by atoms with E-state index in [0.717, 1.165) is 18.5 Å². The highest BCUT2D eigenvalue weighted by Gasteiger charge is 2.53. The molecule has 1 aromatic rings. The number of methoxy groups -OCH3 is 1. The Labute approximate surface area is 139 Å². The van der Waals surface area contributed by atoms with Crippen molar-refractivity contribution in [2.24, 2.45) is 0 Å². The van der Waals surface area contributed by atoms with E-state index < -0.39 is 11.2 Å². The molecular formula is C17H20N2O5. The van der Waals surface area contributed by atoms with Gasteiger partial charge in [-0.3, -0.25) is 0 Å². The molecule has 128 valence electrons. The number of esters is 1. The fraction of sp³-hybridized carbons (Fsp3) is 0.471. The van der Waals surface area contributed by atoms with Crippen molar-refractivity contribution in [2.75, 3.05) is 18.7 Å². The van der Waals surface area contributed by atoms with Crippen LogP contribution in [0.15, 0.2) is 36.2 Å². The molecule has 0 radical (unpaired) electrons. The summed E-state index contributed by atoms with van der Waals surface area (Å²) in [6.07, 6.45) is 4.73. The zero-order valence-corrected chi connectivity index (χ0v) is 13.4. The van der Waals surface area contributed by atoms with Crippen molar-refractivity contribution in [1.82, 2.24) is 5.59 Å². The first-order chi connectivity index (χ1) is 11.5.